The first-order chi connectivity index (χ1) is 8.00. The maximum atomic E-state index is 12.1. The molecule has 2 saturated heterocycles. The summed E-state index contributed by atoms with van der Waals surface area (Å²) in [6.07, 6.45) is 1.51. The SMILES string of the molecule is CC1CCN(C(=O)[C@H]2CCC(=O)N2)C1C(=O)O. The van der Waals surface area contributed by atoms with Gasteiger partial charge in [0.1, 0.15) is 12.1 Å². The molecule has 2 heterocycles. The van der Waals surface area contributed by atoms with Crippen molar-refractivity contribution in [1.29, 1.82) is 0 Å². The van der Waals surface area contributed by atoms with E-state index in [1.165, 1.54) is 4.90 Å². The highest BCUT2D eigenvalue weighted by Gasteiger charge is 2.42. The van der Waals surface area contributed by atoms with Crippen LogP contribution >= 0.6 is 0 Å². The van der Waals surface area contributed by atoms with Gasteiger partial charge in [0.2, 0.25) is 11.8 Å². The zero-order valence-corrected chi connectivity index (χ0v) is 9.68. The van der Waals surface area contributed by atoms with Crippen molar-refractivity contribution in [3.63, 3.8) is 0 Å². The molecule has 2 amide bonds. The molecular formula is C11H16N2O4. The van der Waals surface area contributed by atoms with Crippen molar-refractivity contribution in [3.05, 3.63) is 0 Å². The first kappa shape index (κ1) is 11.9. The highest BCUT2D eigenvalue weighted by Crippen LogP contribution is 2.26. The fraction of sp³-hybridized carbons (Fsp3) is 0.727. The summed E-state index contributed by atoms with van der Waals surface area (Å²) in [6.45, 7) is 2.29. The Balaban J connectivity index is 2.08. The Kier molecular flexibility index (Phi) is 3.04. The lowest BCUT2D eigenvalue weighted by Crippen LogP contribution is -2.50. The molecule has 3 atom stereocenters. The van der Waals surface area contributed by atoms with Gasteiger partial charge >= 0.3 is 5.97 Å². The first-order valence-corrected chi connectivity index (χ1v) is 5.83. The summed E-state index contributed by atoms with van der Waals surface area (Å²) in [5.74, 6) is -1.39. The Bertz CT molecular complexity index is 368. The third-order valence-electron chi connectivity index (χ3n) is 3.53. The quantitative estimate of drug-likeness (QED) is 0.686. The monoisotopic (exact) mass is 240 g/mol. The fourth-order valence-corrected chi connectivity index (χ4v) is 2.57. The van der Waals surface area contributed by atoms with Crippen molar-refractivity contribution in [3.8, 4) is 0 Å². The molecule has 0 aromatic rings. The van der Waals surface area contributed by atoms with Crippen molar-refractivity contribution < 1.29 is 19.5 Å². The second-order valence-corrected chi connectivity index (χ2v) is 4.74. The van der Waals surface area contributed by atoms with Gasteiger partial charge in [-0.1, -0.05) is 6.92 Å². The lowest BCUT2D eigenvalue weighted by Gasteiger charge is -2.25. The number of rotatable bonds is 2. The highest BCUT2D eigenvalue weighted by molar-refractivity contribution is 5.93. The predicted molar refractivity (Wildman–Crippen MR) is 58.1 cm³/mol. The number of carbonyl (C=O) groups is 3. The summed E-state index contributed by atoms with van der Waals surface area (Å²) in [5.41, 5.74) is 0. The second kappa shape index (κ2) is 4.35. The normalized spacial score (nSPS) is 32.6. The van der Waals surface area contributed by atoms with Crippen LogP contribution in [0.5, 0.6) is 0 Å². The average Bonchev–Trinajstić information content (AvgIpc) is 2.83. The minimum absolute atomic E-state index is 0.0337. The third kappa shape index (κ3) is 2.11. The van der Waals surface area contributed by atoms with Crippen LogP contribution in [0.4, 0.5) is 0 Å². The van der Waals surface area contributed by atoms with Gasteiger partial charge in [-0.25, -0.2) is 4.79 Å². The molecule has 17 heavy (non-hydrogen) atoms. The minimum atomic E-state index is -0.965. The van der Waals surface area contributed by atoms with E-state index in [1.807, 2.05) is 6.92 Å². The molecule has 0 aliphatic carbocycles. The van der Waals surface area contributed by atoms with E-state index in [0.717, 1.165) is 0 Å². The summed E-state index contributed by atoms with van der Waals surface area (Å²) in [6, 6.07) is -1.28. The number of hydrogen-bond donors (Lipinski definition) is 2. The summed E-state index contributed by atoms with van der Waals surface area (Å²) >= 11 is 0. The fourth-order valence-electron chi connectivity index (χ4n) is 2.57. The molecule has 2 fully saturated rings. The number of aliphatic carboxylic acids is 1. The molecule has 6 nitrogen and oxygen atoms in total. The molecule has 0 aromatic heterocycles. The number of likely N-dealkylation sites (tertiary alicyclic amines) is 1. The zero-order valence-electron chi connectivity index (χ0n) is 9.68. The van der Waals surface area contributed by atoms with E-state index in [1.54, 1.807) is 0 Å². The highest BCUT2D eigenvalue weighted by atomic mass is 16.4. The molecule has 94 valence electrons. The molecular weight excluding hydrogens is 224 g/mol. The van der Waals surface area contributed by atoms with Gasteiger partial charge in [0.05, 0.1) is 0 Å². The molecule has 0 radical (unpaired) electrons. The number of nitrogens with one attached hydrogen (secondary N) is 1. The second-order valence-electron chi connectivity index (χ2n) is 4.74. The summed E-state index contributed by atoms with van der Waals surface area (Å²) in [7, 11) is 0. The van der Waals surface area contributed by atoms with E-state index in [0.29, 0.717) is 25.8 Å². The summed E-state index contributed by atoms with van der Waals surface area (Å²) in [4.78, 5) is 35.7. The van der Waals surface area contributed by atoms with Gasteiger partial charge < -0.3 is 15.3 Å². The van der Waals surface area contributed by atoms with E-state index in [4.69, 9.17) is 5.11 Å². The third-order valence-corrected chi connectivity index (χ3v) is 3.53. The molecule has 6 heteroatoms. The molecule has 2 rings (SSSR count). The van der Waals surface area contributed by atoms with Crippen molar-refractivity contribution >= 4 is 17.8 Å². The van der Waals surface area contributed by atoms with Gasteiger partial charge in [-0.05, 0) is 18.8 Å². The number of amides is 2. The standard InChI is InChI=1S/C11H16N2O4/c1-6-4-5-13(9(6)11(16)17)10(15)7-2-3-8(14)12-7/h6-7,9H,2-5H2,1H3,(H,12,14)(H,16,17)/t6?,7-,9?/m1/s1. The zero-order chi connectivity index (χ0) is 12.6. The maximum Gasteiger partial charge on any atom is 0.326 e. The van der Waals surface area contributed by atoms with Crippen LogP contribution in [0.25, 0.3) is 0 Å². The smallest absolute Gasteiger partial charge is 0.326 e. The lowest BCUT2D eigenvalue weighted by molar-refractivity contribution is -0.150. The maximum absolute atomic E-state index is 12.1. The van der Waals surface area contributed by atoms with Crippen LogP contribution in [0.1, 0.15) is 26.2 Å². The van der Waals surface area contributed by atoms with Crippen molar-refractivity contribution in [2.24, 2.45) is 5.92 Å². The van der Waals surface area contributed by atoms with Crippen LogP contribution in [-0.4, -0.2) is 46.4 Å². The molecule has 2 unspecified atom stereocenters. The minimum Gasteiger partial charge on any atom is -0.480 e. The Labute approximate surface area is 99.0 Å². The van der Waals surface area contributed by atoms with E-state index in [2.05, 4.69) is 5.32 Å². The molecule has 0 saturated carbocycles. The first-order valence-electron chi connectivity index (χ1n) is 5.83. The Morgan fingerprint density at radius 1 is 1.41 bits per heavy atom. The van der Waals surface area contributed by atoms with E-state index < -0.39 is 18.1 Å². The number of carbonyl (C=O) groups excluding carboxylic acids is 2. The predicted octanol–water partition coefficient (Wildman–Crippen LogP) is -0.413. The van der Waals surface area contributed by atoms with Crippen LogP contribution in [0.3, 0.4) is 0 Å². The number of hydrogen-bond acceptors (Lipinski definition) is 3. The van der Waals surface area contributed by atoms with Crippen LogP contribution in [-0.2, 0) is 14.4 Å². The molecule has 0 bridgehead atoms. The van der Waals surface area contributed by atoms with E-state index in [9.17, 15) is 14.4 Å². The summed E-state index contributed by atoms with van der Waals surface area (Å²) in [5, 5.41) is 11.7. The van der Waals surface area contributed by atoms with Gasteiger partial charge in [-0.3, -0.25) is 9.59 Å². The topological polar surface area (TPSA) is 86.7 Å². The van der Waals surface area contributed by atoms with Crippen LogP contribution < -0.4 is 5.32 Å². The number of nitrogens with zero attached hydrogens (tertiary/aromatic N) is 1. The van der Waals surface area contributed by atoms with Crippen LogP contribution in [0.2, 0.25) is 0 Å². The Hall–Kier alpha value is -1.59. The number of carboxylic acid groups (broad SMARTS) is 1. The molecule has 2 aliphatic rings. The van der Waals surface area contributed by atoms with Crippen LogP contribution in [0.15, 0.2) is 0 Å². The average molecular weight is 240 g/mol. The number of carboxylic acids is 1. The molecule has 2 aliphatic heterocycles. The largest absolute Gasteiger partial charge is 0.480 e. The van der Waals surface area contributed by atoms with Gasteiger partial charge in [0, 0.05) is 13.0 Å². The van der Waals surface area contributed by atoms with E-state index in [-0.39, 0.29) is 17.7 Å². The van der Waals surface area contributed by atoms with Gasteiger partial charge in [0.25, 0.3) is 0 Å². The molecule has 0 spiro atoms. The van der Waals surface area contributed by atoms with Crippen molar-refractivity contribution in [2.75, 3.05) is 6.54 Å². The van der Waals surface area contributed by atoms with Gasteiger partial charge in [-0.15, -0.1) is 0 Å². The molecule has 0 aromatic carbocycles. The van der Waals surface area contributed by atoms with Crippen molar-refractivity contribution in [2.45, 2.75) is 38.3 Å². The van der Waals surface area contributed by atoms with Gasteiger partial charge in [0.15, 0.2) is 0 Å². The van der Waals surface area contributed by atoms with E-state index >= 15 is 0 Å². The van der Waals surface area contributed by atoms with Crippen molar-refractivity contribution in [1.82, 2.24) is 10.2 Å². The van der Waals surface area contributed by atoms with Gasteiger partial charge in [-0.2, -0.15) is 0 Å². The lowest BCUT2D eigenvalue weighted by atomic mass is 10.0. The molecule has 2 N–H and O–H groups in total. The van der Waals surface area contributed by atoms with Crippen LogP contribution in [0, 0.1) is 5.92 Å². The Morgan fingerprint density at radius 3 is 2.65 bits per heavy atom. The summed E-state index contributed by atoms with van der Waals surface area (Å²) < 4.78 is 0. The Morgan fingerprint density at radius 2 is 2.12 bits per heavy atom.